The molecule has 0 rings (SSSR count). The van der Waals surface area contributed by atoms with Crippen LogP contribution in [0.5, 0.6) is 0 Å². The van der Waals surface area contributed by atoms with Crippen LogP contribution in [0, 0.1) is 0 Å². The van der Waals surface area contributed by atoms with Gasteiger partial charge in [0.25, 0.3) is 0 Å². The lowest BCUT2D eigenvalue weighted by Crippen LogP contribution is -2.35. The number of sulfonamides is 2. The number of hydrogen-bond donors (Lipinski definition) is 0. The second-order valence-electron chi connectivity index (χ2n) is 13.3. The minimum absolute atomic E-state index is 0. The molecular weight excluding hydrogens is 937 g/mol. The van der Waals surface area contributed by atoms with E-state index in [2.05, 4.69) is 9.47 Å². The highest BCUT2D eigenvalue weighted by Gasteiger charge is 2.07. The molecule has 0 saturated carbocycles. The summed E-state index contributed by atoms with van der Waals surface area (Å²) in [5.74, 6) is 0.220. The quantitative estimate of drug-likeness (QED) is 0.251. The third kappa shape index (κ3) is 90.8. The van der Waals surface area contributed by atoms with Crippen molar-refractivity contribution in [3.63, 3.8) is 0 Å². The highest BCUT2D eigenvalue weighted by molar-refractivity contribution is 7.88. The summed E-state index contributed by atoms with van der Waals surface area (Å²) in [6.07, 6.45) is 1.75. The molecule has 69 heavy (non-hydrogen) atoms. The van der Waals surface area contributed by atoms with Gasteiger partial charge < -0.3 is 48.7 Å². The van der Waals surface area contributed by atoms with Gasteiger partial charge in [-0.25, -0.2) is 44.6 Å². The summed E-state index contributed by atoms with van der Waals surface area (Å²) in [5.41, 5.74) is 0. The Morgan fingerprint density at radius 3 is 0.638 bits per heavy atom. The molecule has 0 spiro atoms. The van der Waals surface area contributed by atoms with E-state index in [9.17, 15) is 45.6 Å². The van der Waals surface area contributed by atoms with Gasteiger partial charge in [0, 0.05) is 153 Å². The van der Waals surface area contributed by atoms with Gasteiger partial charge >= 0.3 is 24.2 Å². The van der Waals surface area contributed by atoms with Crippen LogP contribution in [0.25, 0.3) is 0 Å². The molecule has 0 aliphatic heterocycles. The van der Waals surface area contributed by atoms with E-state index in [1.54, 1.807) is 127 Å². The summed E-state index contributed by atoms with van der Waals surface area (Å²) in [5, 5.41) is 0. The molecule has 0 aliphatic rings. The van der Waals surface area contributed by atoms with Crippen LogP contribution in [0.2, 0.25) is 0 Å². The fourth-order valence-corrected chi connectivity index (χ4v) is 2.27. The van der Waals surface area contributed by atoms with Gasteiger partial charge in [0.05, 0.1) is 26.7 Å². The summed E-state index contributed by atoms with van der Waals surface area (Å²) in [6.45, 7) is 13.4. The molecule has 22 nitrogen and oxygen atoms in total. The van der Waals surface area contributed by atoms with E-state index in [1.165, 1.54) is 70.3 Å². The molecule has 0 unspecified atom stereocenters. The zero-order valence-electron chi connectivity index (χ0n) is 42.0. The lowest BCUT2D eigenvalue weighted by Gasteiger charge is -2.19. The number of amides is 8. The van der Waals surface area contributed by atoms with Crippen molar-refractivity contribution >= 4 is 56.1 Å². The van der Waals surface area contributed by atoms with Gasteiger partial charge in [-0.3, -0.25) is 9.59 Å². The van der Waals surface area contributed by atoms with Crippen LogP contribution in [0.4, 0.5) is 19.2 Å². The minimum atomic E-state index is -2.92. The SMILES string of the molecule is C.C.C.C.C.C.C.C.C.CC(=O)N(C)C.CCN(C)C(=O)N(C)C.CCN(C)C(=O)OC.CCN(C)C(C)=O.CCN(C)S(C)(=O)=O.CN(C)C(=O)N(C)C.CN(C)S(C)(=O)=O.COC(=O)N(C)C. The van der Waals surface area contributed by atoms with Crippen molar-refractivity contribution in [2.24, 2.45) is 0 Å². The van der Waals surface area contributed by atoms with Crippen LogP contribution >= 0.6 is 0 Å². The second kappa shape index (κ2) is 65.9. The van der Waals surface area contributed by atoms with Crippen LogP contribution < -0.4 is 0 Å². The van der Waals surface area contributed by atoms with Crippen molar-refractivity contribution in [1.82, 2.24) is 47.8 Å². The number of rotatable bonds is 6. The Labute approximate surface area is 431 Å². The van der Waals surface area contributed by atoms with E-state index in [0.717, 1.165) is 23.7 Å². The van der Waals surface area contributed by atoms with Gasteiger partial charge in [0.1, 0.15) is 0 Å². The van der Waals surface area contributed by atoms with Crippen molar-refractivity contribution in [1.29, 1.82) is 0 Å². The van der Waals surface area contributed by atoms with E-state index in [-0.39, 0.29) is 103 Å². The van der Waals surface area contributed by atoms with Gasteiger partial charge in [-0.15, -0.1) is 0 Å². The number of carbonyl (C=O) groups excluding carboxylic acids is 6. The van der Waals surface area contributed by atoms with Crippen LogP contribution in [0.1, 0.15) is 108 Å². The van der Waals surface area contributed by atoms with Gasteiger partial charge in [0.2, 0.25) is 31.9 Å². The van der Waals surface area contributed by atoms with E-state index < -0.39 is 20.0 Å². The molecule has 0 aromatic heterocycles. The average molecular weight is 1060 g/mol. The summed E-state index contributed by atoms with van der Waals surface area (Å²) < 4.78 is 52.6. The monoisotopic (exact) mass is 1060 g/mol. The lowest BCUT2D eigenvalue weighted by atomic mass is 10.6. The molecule has 436 valence electrons. The molecule has 0 aromatic rings. The highest BCUT2D eigenvalue weighted by atomic mass is 32.2. The minimum Gasteiger partial charge on any atom is -0.453 e. The number of hydrogen-bond acceptors (Lipinski definition) is 12. The van der Waals surface area contributed by atoms with Crippen molar-refractivity contribution in [2.75, 3.05) is 166 Å². The summed E-state index contributed by atoms with van der Waals surface area (Å²) in [4.78, 5) is 74.9. The number of methoxy groups -OCH3 is 2. The van der Waals surface area contributed by atoms with Crippen LogP contribution in [0.15, 0.2) is 0 Å². The fourth-order valence-electron chi connectivity index (χ4n) is 1.80. The first-order valence-electron chi connectivity index (χ1n) is 18.3. The zero-order valence-corrected chi connectivity index (χ0v) is 43.6. The Morgan fingerprint density at radius 1 is 0.362 bits per heavy atom. The molecule has 0 radical (unpaired) electrons. The Bertz CT molecular complexity index is 1360. The Kier molecular flexibility index (Phi) is 110. The van der Waals surface area contributed by atoms with Crippen molar-refractivity contribution in [2.45, 2.75) is 108 Å². The maximum absolute atomic E-state index is 10.9. The lowest BCUT2D eigenvalue weighted by molar-refractivity contribution is -0.127. The fraction of sp³-hybridized carbons (Fsp3) is 0.867. The smallest absolute Gasteiger partial charge is 0.409 e. The molecule has 0 aliphatic carbocycles. The summed E-state index contributed by atoms with van der Waals surface area (Å²) >= 11 is 0. The Balaban J connectivity index is -0.0000000294. The average Bonchev–Trinajstić information content (AvgIpc) is 3.15. The highest BCUT2D eigenvalue weighted by Crippen LogP contribution is 1.90. The second-order valence-corrected chi connectivity index (χ2v) is 17.6. The molecule has 0 bridgehead atoms. The standard InChI is InChI=1S/C6H14N2O.C5H12N2O.C5H11NO2.C5H11NO.C4H11NO2S.C4H9NO2.C4H9NO.C3H9NO2S.9CH4/c1-5-8(4)6(9)7(2)3;1-6(2)5(8)7(3)4;1-4-6(2)5(7)8-3;1-4-6(3)5(2)7;1-4-5(2)8(3,6)7;1-5(2)4(6)7-3;1-4(6)5(2)3;1-4(2)7(3,5)6;;;;;;;;;/h5H2,1-4H3;1-4H3;4H2,1-3H3;4H2,1-3H3;4H2,1-3H3;1-3H3;1-3H3;1-3H3;9*1H4. The van der Waals surface area contributed by atoms with Crippen molar-refractivity contribution < 1.29 is 55.1 Å². The molecule has 0 atom stereocenters. The van der Waals surface area contributed by atoms with Gasteiger partial charge in [-0.1, -0.05) is 73.8 Å². The largest absolute Gasteiger partial charge is 0.453 e. The van der Waals surface area contributed by atoms with Gasteiger partial charge in [0.15, 0.2) is 0 Å². The number of nitrogens with zero attached hydrogens (tertiary/aromatic N) is 10. The van der Waals surface area contributed by atoms with Gasteiger partial charge in [-0.05, 0) is 20.8 Å². The Morgan fingerprint density at radius 2 is 0.609 bits per heavy atom. The van der Waals surface area contributed by atoms with Crippen molar-refractivity contribution in [3.8, 4) is 0 Å². The Hall–Kier alpha value is -4.16. The maximum Gasteiger partial charge on any atom is 0.409 e. The third-order valence-electron chi connectivity index (χ3n) is 6.77. The summed E-state index contributed by atoms with van der Waals surface area (Å²) in [7, 11) is 23.8. The maximum atomic E-state index is 10.9. The number of carbonyl (C=O) groups is 6. The predicted octanol–water partition coefficient (Wildman–Crippen LogP) is 7.58. The molecular formula is C45H122N10O12S2. The van der Waals surface area contributed by atoms with Crippen LogP contribution in [-0.4, -0.2) is 266 Å². The molecule has 0 heterocycles. The first-order valence-corrected chi connectivity index (χ1v) is 22.0. The van der Waals surface area contributed by atoms with E-state index in [0.29, 0.717) is 13.1 Å². The van der Waals surface area contributed by atoms with E-state index >= 15 is 0 Å². The number of ether oxygens (including phenoxy) is 2. The van der Waals surface area contributed by atoms with Crippen LogP contribution in [-0.2, 0) is 39.1 Å². The number of urea groups is 2. The summed E-state index contributed by atoms with van der Waals surface area (Å²) in [6, 6.07) is 0.0718. The molecule has 24 heteroatoms. The van der Waals surface area contributed by atoms with Gasteiger partial charge in [-0.2, -0.15) is 0 Å². The normalized spacial score (nSPS) is 8.17. The first kappa shape index (κ1) is 115. The van der Waals surface area contributed by atoms with Crippen molar-refractivity contribution in [3.05, 3.63) is 0 Å². The topological polar surface area (TPSA) is 222 Å². The van der Waals surface area contributed by atoms with E-state index in [1.807, 2.05) is 20.8 Å². The molecule has 0 fully saturated rings. The molecule has 0 saturated heterocycles. The van der Waals surface area contributed by atoms with E-state index in [4.69, 9.17) is 0 Å². The molecule has 0 N–H and O–H groups in total. The zero-order chi connectivity index (χ0) is 50.5. The third-order valence-corrected chi connectivity index (χ3v) is 9.48. The molecule has 8 amide bonds. The predicted molar refractivity (Wildman–Crippen MR) is 303 cm³/mol. The first-order chi connectivity index (χ1) is 26.8. The van der Waals surface area contributed by atoms with Crippen LogP contribution in [0.3, 0.4) is 0 Å². The molecule has 0 aromatic carbocycles.